The monoisotopic (exact) mass is 362 g/mol. The lowest BCUT2D eigenvalue weighted by Crippen LogP contribution is -2.40. The first kappa shape index (κ1) is 17.5. The van der Waals surface area contributed by atoms with Crippen LogP contribution in [-0.2, 0) is 16.0 Å². The highest BCUT2D eigenvalue weighted by Gasteiger charge is 2.26. The number of carboxylic acid groups (broad SMARTS) is 1. The molecule has 1 N–H and O–H groups in total. The van der Waals surface area contributed by atoms with E-state index in [0.717, 1.165) is 5.56 Å². The van der Waals surface area contributed by atoms with Gasteiger partial charge in [0.1, 0.15) is 0 Å². The predicted octanol–water partition coefficient (Wildman–Crippen LogP) is 3.25. The molecule has 25 heavy (non-hydrogen) atoms. The van der Waals surface area contributed by atoms with Crippen molar-refractivity contribution in [2.75, 3.05) is 13.1 Å². The van der Waals surface area contributed by atoms with Crippen LogP contribution >= 0.6 is 11.6 Å². The highest BCUT2D eigenvalue weighted by Crippen LogP contribution is 2.23. The Morgan fingerprint density at radius 3 is 2.56 bits per heavy atom. The summed E-state index contributed by atoms with van der Waals surface area (Å²) in [5.41, 5.74) is 0.880. The first-order valence-corrected chi connectivity index (χ1v) is 8.62. The third kappa shape index (κ3) is 4.39. The van der Waals surface area contributed by atoms with E-state index in [4.69, 9.17) is 21.1 Å². The molecule has 0 aliphatic carbocycles. The molecule has 0 bridgehead atoms. The number of aliphatic carboxylic acids is 1. The summed E-state index contributed by atoms with van der Waals surface area (Å²) in [7, 11) is 0. The Bertz CT molecular complexity index is 749. The highest BCUT2D eigenvalue weighted by atomic mass is 35.5. The molecule has 2 aromatic rings. The number of halogens is 1. The van der Waals surface area contributed by atoms with E-state index in [2.05, 4.69) is 4.98 Å². The molecule has 1 aliphatic rings. The van der Waals surface area contributed by atoms with Crippen LogP contribution in [0.4, 0.5) is 0 Å². The SMILES string of the molecule is O=C(O)C1CCN(C(=O)CCc2ncc(-c3ccc(Cl)cc3)o2)CC1. The number of aromatic nitrogens is 1. The fourth-order valence-electron chi connectivity index (χ4n) is 2.92. The van der Waals surface area contributed by atoms with Crippen molar-refractivity contribution in [3.05, 3.63) is 41.4 Å². The van der Waals surface area contributed by atoms with Crippen molar-refractivity contribution in [3.8, 4) is 11.3 Å². The largest absolute Gasteiger partial charge is 0.481 e. The van der Waals surface area contributed by atoms with Gasteiger partial charge < -0.3 is 14.4 Å². The van der Waals surface area contributed by atoms with Crippen molar-refractivity contribution < 1.29 is 19.1 Å². The topological polar surface area (TPSA) is 83.6 Å². The molecule has 0 saturated carbocycles. The molecule has 0 atom stereocenters. The second kappa shape index (κ2) is 7.70. The number of hydrogen-bond acceptors (Lipinski definition) is 4. The Hall–Kier alpha value is -2.34. The second-order valence-corrected chi connectivity index (χ2v) is 6.55. The molecule has 1 amide bonds. The van der Waals surface area contributed by atoms with Crippen molar-refractivity contribution in [1.82, 2.24) is 9.88 Å². The quantitative estimate of drug-likeness (QED) is 0.882. The van der Waals surface area contributed by atoms with Gasteiger partial charge in [-0.15, -0.1) is 0 Å². The lowest BCUT2D eigenvalue weighted by molar-refractivity contribution is -0.145. The molecule has 1 fully saturated rings. The maximum absolute atomic E-state index is 12.3. The van der Waals surface area contributed by atoms with E-state index in [1.54, 1.807) is 23.2 Å². The first-order chi connectivity index (χ1) is 12.0. The number of amides is 1. The van der Waals surface area contributed by atoms with Gasteiger partial charge in [0.15, 0.2) is 11.7 Å². The number of likely N-dealkylation sites (tertiary alicyclic amines) is 1. The van der Waals surface area contributed by atoms with Crippen molar-refractivity contribution >= 4 is 23.5 Å². The van der Waals surface area contributed by atoms with E-state index in [1.807, 2.05) is 12.1 Å². The fraction of sp³-hybridized carbons (Fsp3) is 0.389. The van der Waals surface area contributed by atoms with E-state index in [1.165, 1.54) is 0 Å². The van der Waals surface area contributed by atoms with Gasteiger partial charge in [-0.2, -0.15) is 0 Å². The lowest BCUT2D eigenvalue weighted by Gasteiger charge is -2.30. The van der Waals surface area contributed by atoms with Crippen LogP contribution in [0.5, 0.6) is 0 Å². The molecule has 0 unspecified atom stereocenters. The van der Waals surface area contributed by atoms with Crippen LogP contribution in [0.3, 0.4) is 0 Å². The number of nitrogens with zero attached hydrogens (tertiary/aromatic N) is 2. The zero-order valence-electron chi connectivity index (χ0n) is 13.7. The molecule has 7 heteroatoms. The molecular formula is C18H19ClN2O4. The Morgan fingerprint density at radius 1 is 1.24 bits per heavy atom. The Balaban J connectivity index is 1.51. The Kier molecular flexibility index (Phi) is 5.38. The summed E-state index contributed by atoms with van der Waals surface area (Å²) >= 11 is 5.87. The van der Waals surface area contributed by atoms with Gasteiger partial charge in [-0.1, -0.05) is 11.6 Å². The number of aryl methyl sites for hydroxylation is 1. The van der Waals surface area contributed by atoms with E-state index in [9.17, 15) is 9.59 Å². The molecule has 1 aromatic carbocycles. The van der Waals surface area contributed by atoms with Gasteiger partial charge in [-0.3, -0.25) is 9.59 Å². The highest BCUT2D eigenvalue weighted by molar-refractivity contribution is 6.30. The van der Waals surface area contributed by atoms with Crippen LogP contribution in [-0.4, -0.2) is 40.0 Å². The number of oxazole rings is 1. The molecule has 1 aliphatic heterocycles. The Labute approximate surface area is 150 Å². The fourth-order valence-corrected chi connectivity index (χ4v) is 3.05. The maximum atomic E-state index is 12.3. The zero-order chi connectivity index (χ0) is 17.8. The van der Waals surface area contributed by atoms with Gasteiger partial charge >= 0.3 is 5.97 Å². The summed E-state index contributed by atoms with van der Waals surface area (Å²) in [6.45, 7) is 0.995. The van der Waals surface area contributed by atoms with Crippen LogP contribution in [0, 0.1) is 5.92 Å². The zero-order valence-corrected chi connectivity index (χ0v) is 14.4. The van der Waals surface area contributed by atoms with E-state index < -0.39 is 5.97 Å². The average molecular weight is 363 g/mol. The third-order valence-electron chi connectivity index (χ3n) is 4.43. The van der Waals surface area contributed by atoms with Gasteiger partial charge in [-0.25, -0.2) is 4.98 Å². The van der Waals surface area contributed by atoms with Gasteiger partial charge in [0.25, 0.3) is 0 Å². The molecule has 0 radical (unpaired) electrons. The predicted molar refractivity (Wildman–Crippen MR) is 92.2 cm³/mol. The number of carbonyl (C=O) groups excluding carboxylic acids is 1. The molecule has 1 saturated heterocycles. The van der Waals surface area contributed by atoms with Crippen LogP contribution in [0.15, 0.2) is 34.9 Å². The summed E-state index contributed by atoms with van der Waals surface area (Å²) in [6, 6.07) is 7.27. The van der Waals surface area contributed by atoms with Crippen LogP contribution in [0.1, 0.15) is 25.2 Å². The van der Waals surface area contributed by atoms with Crippen LogP contribution in [0.25, 0.3) is 11.3 Å². The summed E-state index contributed by atoms with van der Waals surface area (Å²) in [4.78, 5) is 29.1. The number of hydrogen-bond donors (Lipinski definition) is 1. The molecule has 1 aromatic heterocycles. The van der Waals surface area contributed by atoms with Crippen molar-refractivity contribution in [2.45, 2.75) is 25.7 Å². The minimum atomic E-state index is -0.776. The summed E-state index contributed by atoms with van der Waals surface area (Å²) in [6.07, 6.45) is 3.40. The first-order valence-electron chi connectivity index (χ1n) is 8.24. The van der Waals surface area contributed by atoms with E-state index in [0.29, 0.717) is 55.4 Å². The minimum Gasteiger partial charge on any atom is -0.481 e. The number of carboxylic acids is 1. The minimum absolute atomic E-state index is 0.00933. The third-order valence-corrected chi connectivity index (χ3v) is 4.68. The van der Waals surface area contributed by atoms with Gasteiger partial charge in [0.2, 0.25) is 5.91 Å². The van der Waals surface area contributed by atoms with Crippen LogP contribution in [0.2, 0.25) is 5.02 Å². The smallest absolute Gasteiger partial charge is 0.306 e. The van der Waals surface area contributed by atoms with Gasteiger partial charge in [0.05, 0.1) is 12.1 Å². The molecule has 132 valence electrons. The van der Waals surface area contributed by atoms with Crippen molar-refractivity contribution in [3.63, 3.8) is 0 Å². The molecule has 3 rings (SSSR count). The second-order valence-electron chi connectivity index (χ2n) is 6.12. The normalized spacial score (nSPS) is 15.3. The Morgan fingerprint density at radius 2 is 1.92 bits per heavy atom. The summed E-state index contributed by atoms with van der Waals surface area (Å²) in [5, 5.41) is 9.65. The molecular weight excluding hydrogens is 344 g/mol. The summed E-state index contributed by atoms with van der Waals surface area (Å²) in [5.74, 6) is 0.0505. The van der Waals surface area contributed by atoms with Crippen LogP contribution < -0.4 is 0 Å². The van der Waals surface area contributed by atoms with E-state index in [-0.39, 0.29) is 11.8 Å². The summed E-state index contributed by atoms with van der Waals surface area (Å²) < 4.78 is 5.69. The van der Waals surface area contributed by atoms with Gasteiger partial charge in [0, 0.05) is 36.5 Å². The average Bonchev–Trinajstić information content (AvgIpc) is 3.09. The number of rotatable bonds is 5. The van der Waals surface area contributed by atoms with Gasteiger partial charge in [-0.05, 0) is 37.1 Å². The van der Waals surface area contributed by atoms with E-state index >= 15 is 0 Å². The molecule has 6 nitrogen and oxygen atoms in total. The lowest BCUT2D eigenvalue weighted by atomic mass is 9.97. The van der Waals surface area contributed by atoms with Crippen molar-refractivity contribution in [2.24, 2.45) is 5.92 Å². The number of benzene rings is 1. The maximum Gasteiger partial charge on any atom is 0.306 e. The number of carbonyl (C=O) groups is 2. The molecule has 0 spiro atoms. The molecule has 2 heterocycles. The standard InChI is InChI=1S/C18H19ClN2O4/c19-14-3-1-12(2-4-14)15-11-20-16(25-15)5-6-17(22)21-9-7-13(8-10-21)18(23)24/h1-4,11,13H,5-10H2,(H,23,24). The van der Waals surface area contributed by atoms with Crippen molar-refractivity contribution in [1.29, 1.82) is 0 Å². The number of piperidine rings is 1.